The van der Waals surface area contributed by atoms with Gasteiger partial charge in [0.2, 0.25) is 0 Å². The monoisotopic (exact) mass is 452 g/mol. The Balaban J connectivity index is 1.32. The van der Waals surface area contributed by atoms with Crippen LogP contribution in [0.3, 0.4) is 0 Å². The Morgan fingerprint density at radius 3 is 2.76 bits per heavy atom. The molecule has 2 heterocycles. The molecule has 7 nitrogen and oxygen atoms in total. The Kier molecular flexibility index (Phi) is 7.52. The Bertz CT molecular complexity index is 1090. The highest BCUT2D eigenvalue weighted by Crippen LogP contribution is 2.32. The molecule has 7 heteroatoms. The SMILES string of the molecule is COc1cccc2c(C)c(C(=O)NCc3cccc(OCCN(C)C4CCOCC4)c3)oc12. The van der Waals surface area contributed by atoms with Gasteiger partial charge in [0.05, 0.1) is 7.11 Å². The van der Waals surface area contributed by atoms with Gasteiger partial charge < -0.3 is 23.9 Å². The minimum atomic E-state index is -0.254. The zero-order valence-electron chi connectivity index (χ0n) is 19.6. The predicted octanol–water partition coefficient (Wildman–Crippen LogP) is 4.17. The summed E-state index contributed by atoms with van der Waals surface area (Å²) in [6.45, 7) is 5.41. The number of nitrogens with one attached hydrogen (secondary N) is 1. The van der Waals surface area contributed by atoms with Crippen molar-refractivity contribution in [2.75, 3.05) is 40.5 Å². The first kappa shape index (κ1) is 23.1. The molecule has 33 heavy (non-hydrogen) atoms. The number of aryl methyl sites for hydroxylation is 1. The Labute approximate surface area is 194 Å². The van der Waals surface area contributed by atoms with Gasteiger partial charge in [-0.05, 0) is 50.6 Å². The van der Waals surface area contributed by atoms with Crippen molar-refractivity contribution in [2.24, 2.45) is 0 Å². The summed E-state index contributed by atoms with van der Waals surface area (Å²) in [6, 6.07) is 14.0. The molecule has 0 saturated carbocycles. The molecule has 1 aliphatic rings. The van der Waals surface area contributed by atoms with E-state index in [1.54, 1.807) is 7.11 Å². The summed E-state index contributed by atoms with van der Waals surface area (Å²) in [5.41, 5.74) is 2.35. The number of para-hydroxylation sites is 1. The molecular formula is C26H32N2O5. The number of ether oxygens (including phenoxy) is 3. The van der Waals surface area contributed by atoms with Gasteiger partial charge in [-0.15, -0.1) is 0 Å². The Morgan fingerprint density at radius 2 is 1.97 bits per heavy atom. The third-order valence-corrected chi connectivity index (χ3v) is 6.23. The highest BCUT2D eigenvalue weighted by Gasteiger charge is 2.20. The fourth-order valence-electron chi connectivity index (χ4n) is 4.22. The average molecular weight is 453 g/mol. The second-order valence-corrected chi connectivity index (χ2v) is 8.40. The number of hydrogen-bond acceptors (Lipinski definition) is 6. The van der Waals surface area contributed by atoms with Crippen molar-refractivity contribution in [2.45, 2.75) is 32.4 Å². The first-order valence-corrected chi connectivity index (χ1v) is 11.4. The van der Waals surface area contributed by atoms with E-state index in [2.05, 4.69) is 17.3 Å². The molecule has 0 atom stereocenters. The van der Waals surface area contributed by atoms with Crippen molar-refractivity contribution in [1.82, 2.24) is 10.2 Å². The molecule has 1 amide bonds. The van der Waals surface area contributed by atoms with Crippen LogP contribution >= 0.6 is 0 Å². The maximum absolute atomic E-state index is 12.8. The summed E-state index contributed by atoms with van der Waals surface area (Å²) in [4.78, 5) is 15.1. The van der Waals surface area contributed by atoms with Gasteiger partial charge in [0.25, 0.3) is 5.91 Å². The lowest BCUT2D eigenvalue weighted by molar-refractivity contribution is 0.0392. The van der Waals surface area contributed by atoms with Crippen molar-refractivity contribution in [1.29, 1.82) is 0 Å². The van der Waals surface area contributed by atoms with Gasteiger partial charge in [-0.3, -0.25) is 9.69 Å². The van der Waals surface area contributed by atoms with Crippen LogP contribution in [0, 0.1) is 6.92 Å². The number of fused-ring (bicyclic) bond motifs is 1. The van der Waals surface area contributed by atoms with Crippen LogP contribution in [-0.4, -0.2) is 57.4 Å². The minimum absolute atomic E-state index is 0.254. The second kappa shape index (κ2) is 10.7. The summed E-state index contributed by atoms with van der Waals surface area (Å²) in [5.74, 6) is 1.46. The summed E-state index contributed by atoms with van der Waals surface area (Å²) >= 11 is 0. The number of carbonyl (C=O) groups excluding carboxylic acids is 1. The molecule has 1 aromatic heterocycles. The third-order valence-electron chi connectivity index (χ3n) is 6.23. The van der Waals surface area contributed by atoms with E-state index >= 15 is 0 Å². The van der Waals surface area contributed by atoms with Gasteiger partial charge in [0.15, 0.2) is 17.1 Å². The van der Waals surface area contributed by atoms with Gasteiger partial charge >= 0.3 is 0 Å². The van der Waals surface area contributed by atoms with Crippen LogP contribution in [0.2, 0.25) is 0 Å². The quantitative estimate of drug-likeness (QED) is 0.525. The molecule has 176 valence electrons. The number of benzene rings is 2. The van der Waals surface area contributed by atoms with Crippen LogP contribution in [0.25, 0.3) is 11.0 Å². The van der Waals surface area contributed by atoms with Crippen LogP contribution in [-0.2, 0) is 11.3 Å². The number of methoxy groups -OCH3 is 1. The molecule has 4 rings (SSSR count). The first-order chi connectivity index (χ1) is 16.1. The van der Waals surface area contributed by atoms with E-state index in [1.807, 2.05) is 49.4 Å². The number of furan rings is 1. The summed E-state index contributed by atoms with van der Waals surface area (Å²) in [7, 11) is 3.73. The lowest BCUT2D eigenvalue weighted by Crippen LogP contribution is -2.38. The number of carbonyl (C=O) groups is 1. The largest absolute Gasteiger partial charge is 0.493 e. The molecule has 0 aliphatic carbocycles. The van der Waals surface area contributed by atoms with E-state index in [1.165, 1.54) is 0 Å². The van der Waals surface area contributed by atoms with Gasteiger partial charge in [-0.25, -0.2) is 0 Å². The molecule has 1 saturated heterocycles. The summed E-state index contributed by atoms with van der Waals surface area (Å²) in [5, 5.41) is 3.83. The fraction of sp³-hybridized carbons (Fsp3) is 0.423. The molecule has 0 unspecified atom stereocenters. The smallest absolute Gasteiger partial charge is 0.287 e. The predicted molar refractivity (Wildman–Crippen MR) is 127 cm³/mol. The van der Waals surface area contributed by atoms with Crippen LogP contribution in [0.1, 0.15) is 34.5 Å². The maximum Gasteiger partial charge on any atom is 0.287 e. The lowest BCUT2D eigenvalue weighted by atomic mass is 10.1. The van der Waals surface area contributed by atoms with E-state index in [0.29, 0.717) is 36.3 Å². The highest BCUT2D eigenvalue weighted by molar-refractivity contribution is 6.00. The molecule has 2 aromatic carbocycles. The van der Waals surface area contributed by atoms with Crippen molar-refractivity contribution >= 4 is 16.9 Å². The average Bonchev–Trinajstić information content (AvgIpc) is 3.20. The van der Waals surface area contributed by atoms with Crippen molar-refractivity contribution in [3.05, 3.63) is 59.4 Å². The number of amides is 1. The molecule has 0 bridgehead atoms. The maximum atomic E-state index is 12.8. The van der Waals surface area contributed by atoms with Crippen molar-refractivity contribution < 1.29 is 23.4 Å². The van der Waals surface area contributed by atoms with Crippen LogP contribution in [0.5, 0.6) is 11.5 Å². The van der Waals surface area contributed by atoms with E-state index in [-0.39, 0.29) is 5.91 Å². The van der Waals surface area contributed by atoms with Gasteiger partial charge in [-0.1, -0.05) is 24.3 Å². The number of hydrogen-bond donors (Lipinski definition) is 1. The molecule has 1 N–H and O–H groups in total. The summed E-state index contributed by atoms with van der Waals surface area (Å²) < 4.78 is 22.6. The zero-order chi connectivity index (χ0) is 23.2. The normalized spacial score (nSPS) is 14.5. The highest BCUT2D eigenvalue weighted by atomic mass is 16.5. The lowest BCUT2D eigenvalue weighted by Gasteiger charge is -2.31. The van der Waals surface area contributed by atoms with Crippen LogP contribution < -0.4 is 14.8 Å². The fourth-order valence-corrected chi connectivity index (χ4v) is 4.22. The molecule has 1 aliphatic heterocycles. The van der Waals surface area contributed by atoms with E-state index in [0.717, 1.165) is 54.9 Å². The van der Waals surface area contributed by atoms with Gasteiger partial charge in [-0.2, -0.15) is 0 Å². The Morgan fingerprint density at radius 1 is 1.18 bits per heavy atom. The standard InChI is InChI=1S/C26H32N2O5/c1-18-22-8-5-9-23(30-3)25(22)33-24(18)26(29)27-17-19-6-4-7-21(16-19)32-15-12-28(2)20-10-13-31-14-11-20/h4-9,16,20H,10-15,17H2,1-3H3,(H,27,29). The minimum Gasteiger partial charge on any atom is -0.493 e. The summed E-state index contributed by atoms with van der Waals surface area (Å²) in [6.07, 6.45) is 2.15. The number of likely N-dealkylation sites (N-methyl/N-ethyl adjacent to an activating group) is 1. The molecule has 3 aromatic rings. The topological polar surface area (TPSA) is 73.2 Å². The van der Waals surface area contributed by atoms with Gasteiger partial charge in [0.1, 0.15) is 12.4 Å². The van der Waals surface area contributed by atoms with Crippen molar-refractivity contribution in [3.63, 3.8) is 0 Å². The molecular weight excluding hydrogens is 420 g/mol. The van der Waals surface area contributed by atoms with Crippen LogP contribution in [0.15, 0.2) is 46.9 Å². The first-order valence-electron chi connectivity index (χ1n) is 11.4. The second-order valence-electron chi connectivity index (χ2n) is 8.40. The van der Waals surface area contributed by atoms with Crippen molar-refractivity contribution in [3.8, 4) is 11.5 Å². The zero-order valence-corrected chi connectivity index (χ0v) is 19.6. The van der Waals surface area contributed by atoms with E-state index < -0.39 is 0 Å². The molecule has 0 spiro atoms. The molecule has 0 radical (unpaired) electrons. The Hall–Kier alpha value is -3.03. The van der Waals surface area contributed by atoms with Gasteiger partial charge in [0, 0.05) is 43.3 Å². The van der Waals surface area contributed by atoms with E-state index in [4.69, 9.17) is 18.6 Å². The van der Waals surface area contributed by atoms with E-state index in [9.17, 15) is 4.79 Å². The number of rotatable bonds is 9. The molecule has 1 fully saturated rings. The third kappa shape index (κ3) is 5.49. The number of nitrogens with zero attached hydrogens (tertiary/aromatic N) is 1. The van der Waals surface area contributed by atoms with Crippen LogP contribution in [0.4, 0.5) is 0 Å².